The molecular weight excluding hydrogens is 386 g/mol. The third-order valence-electron chi connectivity index (χ3n) is 4.35. The standard InChI is InChI=1S/C21H19N5O4/c1-12-2-8-18(22)16(10-12)20(27)24-13-3-5-14(6-4-13)25-21(28)17-11-15(26(29)30)7-9-19(17)23/h2-11H,22-23H2,1H3,(H,24,27)(H,25,28). The molecule has 0 aliphatic rings. The number of nitrogen functional groups attached to an aromatic ring is 2. The second-order valence-corrected chi connectivity index (χ2v) is 6.60. The molecule has 3 aromatic carbocycles. The van der Waals surface area contributed by atoms with Gasteiger partial charge in [-0.1, -0.05) is 11.6 Å². The van der Waals surface area contributed by atoms with Crippen molar-refractivity contribution in [2.24, 2.45) is 0 Å². The molecular formula is C21H19N5O4. The first-order valence-electron chi connectivity index (χ1n) is 8.87. The topological polar surface area (TPSA) is 153 Å². The van der Waals surface area contributed by atoms with E-state index >= 15 is 0 Å². The third kappa shape index (κ3) is 4.53. The molecule has 6 N–H and O–H groups in total. The Bertz CT molecular complexity index is 1140. The number of nitrogens with zero attached hydrogens (tertiary/aromatic N) is 1. The number of rotatable bonds is 5. The van der Waals surface area contributed by atoms with Gasteiger partial charge in [0.25, 0.3) is 17.5 Å². The van der Waals surface area contributed by atoms with Crippen LogP contribution in [0.4, 0.5) is 28.4 Å². The first-order chi connectivity index (χ1) is 14.2. The Morgan fingerprint density at radius 2 is 1.27 bits per heavy atom. The summed E-state index contributed by atoms with van der Waals surface area (Å²) in [6.45, 7) is 1.86. The summed E-state index contributed by atoms with van der Waals surface area (Å²) in [6, 6.07) is 15.2. The number of hydrogen-bond donors (Lipinski definition) is 4. The fraction of sp³-hybridized carbons (Fsp3) is 0.0476. The fourth-order valence-corrected chi connectivity index (χ4v) is 2.75. The van der Waals surface area contributed by atoms with Crippen LogP contribution in [0, 0.1) is 17.0 Å². The van der Waals surface area contributed by atoms with Gasteiger partial charge in [-0.05, 0) is 49.4 Å². The van der Waals surface area contributed by atoms with Crippen LogP contribution in [0.5, 0.6) is 0 Å². The molecule has 0 saturated heterocycles. The molecule has 0 spiro atoms. The monoisotopic (exact) mass is 405 g/mol. The van der Waals surface area contributed by atoms with Crippen molar-refractivity contribution in [3.63, 3.8) is 0 Å². The Morgan fingerprint density at radius 1 is 0.800 bits per heavy atom. The highest BCUT2D eigenvalue weighted by atomic mass is 16.6. The second-order valence-electron chi connectivity index (χ2n) is 6.60. The lowest BCUT2D eigenvalue weighted by Gasteiger charge is -2.10. The van der Waals surface area contributed by atoms with Crippen LogP contribution in [0.25, 0.3) is 0 Å². The zero-order valence-electron chi connectivity index (χ0n) is 16.0. The van der Waals surface area contributed by atoms with Crippen LogP contribution in [0.15, 0.2) is 60.7 Å². The Kier molecular flexibility index (Phi) is 5.63. The quantitative estimate of drug-likeness (QED) is 0.289. The van der Waals surface area contributed by atoms with Crippen molar-refractivity contribution in [1.29, 1.82) is 0 Å². The number of carbonyl (C=O) groups excluding carboxylic acids is 2. The zero-order chi connectivity index (χ0) is 21.8. The van der Waals surface area contributed by atoms with Crippen LogP contribution in [0.3, 0.4) is 0 Å². The molecule has 0 radical (unpaired) electrons. The van der Waals surface area contributed by atoms with E-state index in [2.05, 4.69) is 10.6 Å². The molecule has 30 heavy (non-hydrogen) atoms. The van der Waals surface area contributed by atoms with Crippen LogP contribution in [-0.4, -0.2) is 16.7 Å². The highest BCUT2D eigenvalue weighted by Crippen LogP contribution is 2.22. The maximum Gasteiger partial charge on any atom is 0.270 e. The van der Waals surface area contributed by atoms with Crippen LogP contribution < -0.4 is 22.1 Å². The summed E-state index contributed by atoms with van der Waals surface area (Å²) in [5, 5.41) is 16.3. The van der Waals surface area contributed by atoms with Crippen molar-refractivity contribution < 1.29 is 14.5 Å². The van der Waals surface area contributed by atoms with Gasteiger partial charge in [0.05, 0.1) is 16.1 Å². The number of nitro groups is 1. The minimum atomic E-state index is -0.603. The highest BCUT2D eigenvalue weighted by Gasteiger charge is 2.16. The lowest BCUT2D eigenvalue weighted by molar-refractivity contribution is -0.384. The number of non-ortho nitro benzene ring substituents is 1. The number of benzene rings is 3. The fourth-order valence-electron chi connectivity index (χ4n) is 2.75. The number of nitrogens with two attached hydrogens (primary N) is 2. The Balaban J connectivity index is 1.71. The molecule has 9 nitrogen and oxygen atoms in total. The summed E-state index contributed by atoms with van der Waals surface area (Å²) in [5.41, 5.74) is 14.1. The van der Waals surface area contributed by atoms with Crippen LogP contribution in [0.2, 0.25) is 0 Å². The maximum absolute atomic E-state index is 12.4. The average molecular weight is 405 g/mol. The summed E-state index contributed by atoms with van der Waals surface area (Å²) in [6.07, 6.45) is 0. The highest BCUT2D eigenvalue weighted by molar-refractivity contribution is 6.09. The van der Waals surface area contributed by atoms with Gasteiger partial charge in [0.2, 0.25) is 0 Å². The van der Waals surface area contributed by atoms with Crippen molar-refractivity contribution in [3.05, 3.63) is 87.5 Å². The largest absolute Gasteiger partial charge is 0.398 e. The smallest absolute Gasteiger partial charge is 0.270 e. The summed E-state index contributed by atoms with van der Waals surface area (Å²) in [4.78, 5) is 35.2. The van der Waals surface area contributed by atoms with E-state index in [9.17, 15) is 19.7 Å². The van der Waals surface area contributed by atoms with Crippen LogP contribution in [0.1, 0.15) is 26.3 Å². The molecule has 152 valence electrons. The lowest BCUT2D eigenvalue weighted by Crippen LogP contribution is -2.15. The van der Waals surface area contributed by atoms with E-state index in [4.69, 9.17) is 11.5 Å². The molecule has 0 bridgehead atoms. The van der Waals surface area contributed by atoms with E-state index in [1.165, 1.54) is 12.1 Å². The molecule has 0 fully saturated rings. The molecule has 0 aliphatic carbocycles. The van der Waals surface area contributed by atoms with E-state index in [0.29, 0.717) is 22.6 Å². The van der Waals surface area contributed by atoms with Gasteiger partial charge in [-0.15, -0.1) is 0 Å². The van der Waals surface area contributed by atoms with Crippen molar-refractivity contribution >= 4 is 40.3 Å². The van der Waals surface area contributed by atoms with Gasteiger partial charge in [-0.25, -0.2) is 0 Å². The first-order valence-corrected chi connectivity index (χ1v) is 8.87. The van der Waals surface area contributed by atoms with Crippen molar-refractivity contribution in [3.8, 4) is 0 Å². The average Bonchev–Trinajstić information content (AvgIpc) is 2.71. The van der Waals surface area contributed by atoms with Crippen LogP contribution >= 0.6 is 0 Å². The minimum absolute atomic E-state index is 0.00324. The molecule has 0 heterocycles. The number of carbonyl (C=O) groups is 2. The first kappa shape index (κ1) is 20.3. The van der Waals surface area contributed by atoms with Crippen molar-refractivity contribution in [2.45, 2.75) is 6.92 Å². The van der Waals surface area contributed by atoms with E-state index in [0.717, 1.165) is 11.6 Å². The van der Waals surface area contributed by atoms with E-state index in [1.54, 1.807) is 36.4 Å². The number of nitrogens with one attached hydrogen (secondary N) is 2. The van der Waals surface area contributed by atoms with Gasteiger partial charge in [-0.3, -0.25) is 19.7 Å². The number of aryl methyl sites for hydroxylation is 1. The number of nitro benzene ring substituents is 1. The number of amides is 2. The molecule has 0 unspecified atom stereocenters. The Labute approximate surface area is 171 Å². The molecule has 9 heteroatoms. The van der Waals surface area contributed by atoms with Gasteiger partial charge in [0.1, 0.15) is 0 Å². The number of anilines is 4. The summed E-state index contributed by atoms with van der Waals surface area (Å²) < 4.78 is 0. The number of hydrogen-bond acceptors (Lipinski definition) is 6. The molecule has 0 aromatic heterocycles. The zero-order valence-corrected chi connectivity index (χ0v) is 16.0. The van der Waals surface area contributed by atoms with Gasteiger partial charge >= 0.3 is 0 Å². The Morgan fingerprint density at radius 3 is 1.77 bits per heavy atom. The van der Waals surface area contributed by atoms with Gasteiger partial charge in [0, 0.05) is 34.9 Å². The van der Waals surface area contributed by atoms with Gasteiger partial charge in [-0.2, -0.15) is 0 Å². The van der Waals surface area contributed by atoms with Crippen LogP contribution in [-0.2, 0) is 0 Å². The normalized spacial score (nSPS) is 10.3. The lowest BCUT2D eigenvalue weighted by atomic mass is 10.1. The molecule has 3 aromatic rings. The van der Waals surface area contributed by atoms with Crippen molar-refractivity contribution in [1.82, 2.24) is 0 Å². The summed E-state index contributed by atoms with van der Waals surface area (Å²) in [5.74, 6) is -0.933. The molecule has 2 amide bonds. The Hall–Kier alpha value is -4.40. The van der Waals surface area contributed by atoms with E-state index in [1.807, 2.05) is 13.0 Å². The molecule has 0 atom stereocenters. The second kappa shape index (κ2) is 8.31. The maximum atomic E-state index is 12.4. The SMILES string of the molecule is Cc1ccc(N)c(C(=O)Nc2ccc(NC(=O)c3cc([N+](=O)[O-])ccc3N)cc2)c1. The summed E-state index contributed by atoms with van der Waals surface area (Å²) >= 11 is 0. The summed E-state index contributed by atoms with van der Waals surface area (Å²) in [7, 11) is 0. The van der Waals surface area contributed by atoms with E-state index in [-0.39, 0.29) is 22.8 Å². The molecule has 3 rings (SSSR count). The predicted octanol–water partition coefficient (Wildman–Crippen LogP) is 3.57. The van der Waals surface area contributed by atoms with E-state index < -0.39 is 10.8 Å². The molecule has 0 saturated carbocycles. The molecule has 0 aliphatic heterocycles. The third-order valence-corrected chi connectivity index (χ3v) is 4.35. The van der Waals surface area contributed by atoms with Gasteiger partial charge < -0.3 is 22.1 Å². The minimum Gasteiger partial charge on any atom is -0.398 e. The van der Waals surface area contributed by atoms with Crippen molar-refractivity contribution in [2.75, 3.05) is 22.1 Å². The predicted molar refractivity (Wildman–Crippen MR) is 115 cm³/mol. The van der Waals surface area contributed by atoms with Gasteiger partial charge in [0.15, 0.2) is 0 Å².